The van der Waals surface area contributed by atoms with E-state index < -0.39 is 0 Å². The predicted octanol–water partition coefficient (Wildman–Crippen LogP) is 2.20. The summed E-state index contributed by atoms with van der Waals surface area (Å²) in [5.41, 5.74) is 7.86. The average molecular weight is 248 g/mol. The number of benzene rings is 1. The fraction of sp³-hybridized carbons (Fsp3) is 0.533. The number of hydrogen-bond acceptors (Lipinski definition) is 2. The Balaban J connectivity index is 2.75. The maximum Gasteiger partial charge on any atom is 0.227 e. The smallest absolute Gasteiger partial charge is 0.227 e. The molecule has 18 heavy (non-hydrogen) atoms. The van der Waals surface area contributed by atoms with Gasteiger partial charge in [0, 0.05) is 6.54 Å². The molecular weight excluding hydrogens is 224 g/mol. The SMILES string of the molecule is Cc1ccc(C(CCN)C(=O)NCC(C)C)cc1. The van der Waals surface area contributed by atoms with Gasteiger partial charge in [-0.05, 0) is 31.4 Å². The highest BCUT2D eigenvalue weighted by atomic mass is 16.1. The van der Waals surface area contributed by atoms with Crippen LogP contribution in [0.1, 0.15) is 37.3 Å². The molecule has 0 saturated heterocycles. The van der Waals surface area contributed by atoms with E-state index in [1.165, 1.54) is 5.56 Å². The standard InChI is InChI=1S/C15H24N2O/c1-11(2)10-17-15(18)14(8-9-16)13-6-4-12(3)5-7-13/h4-7,11,14H,8-10,16H2,1-3H3,(H,17,18). The van der Waals surface area contributed by atoms with Crippen molar-refractivity contribution in [3.8, 4) is 0 Å². The Hall–Kier alpha value is -1.35. The number of rotatable bonds is 6. The zero-order valence-corrected chi connectivity index (χ0v) is 11.6. The summed E-state index contributed by atoms with van der Waals surface area (Å²) < 4.78 is 0. The van der Waals surface area contributed by atoms with E-state index in [1.54, 1.807) is 0 Å². The van der Waals surface area contributed by atoms with E-state index in [9.17, 15) is 4.79 Å². The van der Waals surface area contributed by atoms with E-state index in [4.69, 9.17) is 5.73 Å². The third-order valence-electron chi connectivity index (χ3n) is 2.94. The van der Waals surface area contributed by atoms with Gasteiger partial charge in [-0.25, -0.2) is 0 Å². The molecule has 0 aliphatic carbocycles. The van der Waals surface area contributed by atoms with Gasteiger partial charge in [0.25, 0.3) is 0 Å². The van der Waals surface area contributed by atoms with Crippen LogP contribution in [0.25, 0.3) is 0 Å². The second-order valence-electron chi connectivity index (χ2n) is 5.18. The topological polar surface area (TPSA) is 55.1 Å². The van der Waals surface area contributed by atoms with Gasteiger partial charge in [0.15, 0.2) is 0 Å². The molecule has 0 aromatic heterocycles. The number of carbonyl (C=O) groups is 1. The molecule has 1 aromatic carbocycles. The van der Waals surface area contributed by atoms with Crippen LogP contribution in [0.4, 0.5) is 0 Å². The molecule has 0 aliphatic rings. The number of nitrogens with one attached hydrogen (secondary N) is 1. The number of carbonyl (C=O) groups excluding carboxylic acids is 1. The molecule has 0 spiro atoms. The minimum atomic E-state index is -0.130. The van der Waals surface area contributed by atoms with E-state index in [-0.39, 0.29) is 11.8 Å². The van der Waals surface area contributed by atoms with Crippen molar-refractivity contribution in [1.29, 1.82) is 0 Å². The molecule has 0 bridgehead atoms. The van der Waals surface area contributed by atoms with E-state index in [0.717, 1.165) is 5.56 Å². The Bertz CT molecular complexity index is 371. The fourth-order valence-electron chi connectivity index (χ4n) is 1.84. The zero-order chi connectivity index (χ0) is 13.5. The summed E-state index contributed by atoms with van der Waals surface area (Å²) in [5, 5.41) is 2.99. The van der Waals surface area contributed by atoms with E-state index in [1.807, 2.05) is 31.2 Å². The van der Waals surface area contributed by atoms with Crippen LogP contribution in [0.2, 0.25) is 0 Å². The molecule has 0 saturated carbocycles. The lowest BCUT2D eigenvalue weighted by Crippen LogP contribution is -2.33. The van der Waals surface area contributed by atoms with Gasteiger partial charge in [0.2, 0.25) is 5.91 Å². The number of aryl methyl sites for hydroxylation is 1. The van der Waals surface area contributed by atoms with Gasteiger partial charge in [-0.1, -0.05) is 43.7 Å². The van der Waals surface area contributed by atoms with Crippen molar-refractivity contribution < 1.29 is 4.79 Å². The van der Waals surface area contributed by atoms with Crippen LogP contribution in [0.5, 0.6) is 0 Å². The van der Waals surface area contributed by atoms with Gasteiger partial charge in [-0.2, -0.15) is 0 Å². The largest absolute Gasteiger partial charge is 0.355 e. The van der Waals surface area contributed by atoms with Crippen LogP contribution in [0.15, 0.2) is 24.3 Å². The highest BCUT2D eigenvalue weighted by molar-refractivity contribution is 5.83. The van der Waals surface area contributed by atoms with Crippen molar-refractivity contribution in [1.82, 2.24) is 5.32 Å². The van der Waals surface area contributed by atoms with Crippen LogP contribution in [-0.2, 0) is 4.79 Å². The minimum Gasteiger partial charge on any atom is -0.355 e. The van der Waals surface area contributed by atoms with Crippen molar-refractivity contribution in [2.75, 3.05) is 13.1 Å². The first-order valence-electron chi connectivity index (χ1n) is 6.59. The Kier molecular flexibility index (Phi) is 5.86. The molecule has 3 heteroatoms. The summed E-state index contributed by atoms with van der Waals surface area (Å²) in [7, 11) is 0. The number of nitrogens with two attached hydrogens (primary N) is 1. The van der Waals surface area contributed by atoms with Crippen LogP contribution >= 0.6 is 0 Å². The molecule has 1 amide bonds. The van der Waals surface area contributed by atoms with Crippen molar-refractivity contribution in [2.45, 2.75) is 33.1 Å². The summed E-state index contributed by atoms with van der Waals surface area (Å²) in [5.74, 6) is 0.415. The third-order valence-corrected chi connectivity index (χ3v) is 2.94. The molecule has 1 aromatic rings. The highest BCUT2D eigenvalue weighted by Crippen LogP contribution is 2.20. The summed E-state index contributed by atoms with van der Waals surface area (Å²) in [6.45, 7) is 7.45. The molecule has 0 heterocycles. The first-order chi connectivity index (χ1) is 8.54. The molecular formula is C15H24N2O. The van der Waals surface area contributed by atoms with Gasteiger partial charge >= 0.3 is 0 Å². The first kappa shape index (κ1) is 14.7. The molecule has 1 atom stereocenters. The number of hydrogen-bond donors (Lipinski definition) is 2. The van der Waals surface area contributed by atoms with E-state index in [0.29, 0.717) is 25.4 Å². The van der Waals surface area contributed by atoms with Crippen LogP contribution in [0.3, 0.4) is 0 Å². The second kappa shape index (κ2) is 7.17. The predicted molar refractivity (Wildman–Crippen MR) is 75.4 cm³/mol. The third kappa shape index (κ3) is 4.49. The lowest BCUT2D eigenvalue weighted by molar-refractivity contribution is -0.122. The Morgan fingerprint density at radius 2 is 1.89 bits per heavy atom. The van der Waals surface area contributed by atoms with Gasteiger partial charge in [0.1, 0.15) is 0 Å². The van der Waals surface area contributed by atoms with Crippen LogP contribution < -0.4 is 11.1 Å². The van der Waals surface area contributed by atoms with Gasteiger partial charge in [-0.3, -0.25) is 4.79 Å². The lowest BCUT2D eigenvalue weighted by atomic mass is 9.94. The summed E-state index contributed by atoms with van der Waals surface area (Å²) >= 11 is 0. The monoisotopic (exact) mass is 248 g/mol. The van der Waals surface area contributed by atoms with E-state index in [2.05, 4.69) is 19.2 Å². The maximum atomic E-state index is 12.2. The molecule has 3 N–H and O–H groups in total. The molecule has 100 valence electrons. The van der Waals surface area contributed by atoms with Crippen molar-refractivity contribution in [3.05, 3.63) is 35.4 Å². The zero-order valence-electron chi connectivity index (χ0n) is 11.6. The second-order valence-corrected chi connectivity index (χ2v) is 5.18. The quantitative estimate of drug-likeness (QED) is 0.811. The summed E-state index contributed by atoms with van der Waals surface area (Å²) in [6.07, 6.45) is 0.687. The fourth-order valence-corrected chi connectivity index (χ4v) is 1.84. The van der Waals surface area contributed by atoms with Crippen LogP contribution in [0, 0.1) is 12.8 Å². The maximum absolute atomic E-state index is 12.2. The van der Waals surface area contributed by atoms with Gasteiger partial charge in [-0.15, -0.1) is 0 Å². The normalized spacial score (nSPS) is 12.5. The molecule has 1 unspecified atom stereocenters. The Morgan fingerprint density at radius 3 is 2.39 bits per heavy atom. The highest BCUT2D eigenvalue weighted by Gasteiger charge is 2.19. The number of amides is 1. The average Bonchev–Trinajstić information content (AvgIpc) is 2.34. The molecule has 0 fully saturated rings. The summed E-state index contributed by atoms with van der Waals surface area (Å²) in [4.78, 5) is 12.2. The molecule has 0 radical (unpaired) electrons. The molecule has 1 rings (SSSR count). The molecule has 0 aliphatic heterocycles. The van der Waals surface area contributed by atoms with Gasteiger partial charge in [0.05, 0.1) is 5.92 Å². The summed E-state index contributed by atoms with van der Waals surface area (Å²) in [6, 6.07) is 8.11. The van der Waals surface area contributed by atoms with Crippen molar-refractivity contribution in [2.24, 2.45) is 11.7 Å². The molecule has 3 nitrogen and oxygen atoms in total. The van der Waals surface area contributed by atoms with Crippen LogP contribution in [-0.4, -0.2) is 19.0 Å². The van der Waals surface area contributed by atoms with Crippen molar-refractivity contribution >= 4 is 5.91 Å². The van der Waals surface area contributed by atoms with E-state index >= 15 is 0 Å². The lowest BCUT2D eigenvalue weighted by Gasteiger charge is -2.17. The van der Waals surface area contributed by atoms with Gasteiger partial charge < -0.3 is 11.1 Å². The first-order valence-corrected chi connectivity index (χ1v) is 6.59. The van der Waals surface area contributed by atoms with Crippen molar-refractivity contribution in [3.63, 3.8) is 0 Å². The Labute approximate surface area is 110 Å². The minimum absolute atomic E-state index is 0.0815. The Morgan fingerprint density at radius 1 is 1.28 bits per heavy atom.